The van der Waals surface area contributed by atoms with Crippen LogP contribution in [0, 0.1) is 5.41 Å². The lowest BCUT2D eigenvalue weighted by atomic mass is 9.82. The van der Waals surface area contributed by atoms with E-state index in [4.69, 9.17) is 4.74 Å². The number of ether oxygens (including phenoxy) is 1. The minimum Gasteiger partial charge on any atom is -0.381 e. The molecule has 0 aliphatic carbocycles. The van der Waals surface area contributed by atoms with Crippen molar-refractivity contribution in [2.24, 2.45) is 5.41 Å². The SMILES string of the molecule is C[C@H](CC(=O)N1CCN(CC2(C)CCOCC2)CC1)c1ccccc1. The van der Waals surface area contributed by atoms with E-state index in [-0.39, 0.29) is 5.92 Å². The third kappa shape index (κ3) is 5.05. The number of amides is 1. The van der Waals surface area contributed by atoms with E-state index < -0.39 is 0 Å². The zero-order valence-corrected chi connectivity index (χ0v) is 15.7. The van der Waals surface area contributed by atoms with Crippen LogP contribution in [0.4, 0.5) is 0 Å². The lowest BCUT2D eigenvalue weighted by molar-refractivity contribution is -0.133. The van der Waals surface area contributed by atoms with E-state index in [1.807, 2.05) is 18.2 Å². The van der Waals surface area contributed by atoms with Gasteiger partial charge in [0.1, 0.15) is 0 Å². The fourth-order valence-electron chi connectivity index (χ4n) is 4.01. The van der Waals surface area contributed by atoms with Gasteiger partial charge in [0.05, 0.1) is 0 Å². The average molecular weight is 344 g/mol. The van der Waals surface area contributed by atoms with Crippen LogP contribution in [0.15, 0.2) is 30.3 Å². The molecule has 0 unspecified atom stereocenters. The molecule has 0 bridgehead atoms. The Morgan fingerprint density at radius 1 is 1.12 bits per heavy atom. The highest BCUT2D eigenvalue weighted by atomic mass is 16.5. The van der Waals surface area contributed by atoms with E-state index in [9.17, 15) is 4.79 Å². The highest BCUT2D eigenvalue weighted by molar-refractivity contribution is 5.77. The lowest BCUT2D eigenvalue weighted by Crippen LogP contribution is -2.51. The first-order chi connectivity index (χ1) is 12.1. The second-order valence-corrected chi connectivity index (χ2v) is 8.10. The smallest absolute Gasteiger partial charge is 0.223 e. The van der Waals surface area contributed by atoms with Crippen LogP contribution < -0.4 is 0 Å². The molecule has 4 nitrogen and oxygen atoms in total. The van der Waals surface area contributed by atoms with Gasteiger partial charge in [0.25, 0.3) is 0 Å². The Morgan fingerprint density at radius 2 is 1.76 bits per heavy atom. The molecular formula is C21H32N2O2. The topological polar surface area (TPSA) is 32.8 Å². The maximum atomic E-state index is 12.6. The van der Waals surface area contributed by atoms with E-state index in [2.05, 4.69) is 35.8 Å². The van der Waals surface area contributed by atoms with Gasteiger partial charge in [-0.15, -0.1) is 0 Å². The van der Waals surface area contributed by atoms with Gasteiger partial charge >= 0.3 is 0 Å². The Hall–Kier alpha value is -1.39. The Bertz CT molecular complexity index is 546. The molecule has 1 aromatic carbocycles. The Labute approximate surface area is 152 Å². The standard InChI is InChI=1S/C21H32N2O2/c1-18(19-6-4-3-5-7-19)16-20(24)23-12-10-22(11-13-23)17-21(2)8-14-25-15-9-21/h3-7,18H,8-17H2,1-2H3/t18-/m1/s1. The van der Waals surface area contributed by atoms with Gasteiger partial charge in [-0.05, 0) is 29.7 Å². The molecule has 2 aliphatic rings. The summed E-state index contributed by atoms with van der Waals surface area (Å²) in [7, 11) is 0. The van der Waals surface area contributed by atoms with Crippen molar-refractivity contribution in [3.05, 3.63) is 35.9 Å². The molecule has 1 amide bonds. The van der Waals surface area contributed by atoms with Crippen molar-refractivity contribution in [2.75, 3.05) is 45.9 Å². The predicted molar refractivity (Wildman–Crippen MR) is 101 cm³/mol. The molecule has 25 heavy (non-hydrogen) atoms. The van der Waals surface area contributed by atoms with Gasteiger partial charge in [0, 0.05) is 52.4 Å². The number of nitrogens with zero attached hydrogens (tertiary/aromatic N) is 2. The van der Waals surface area contributed by atoms with Crippen LogP contribution in [0.25, 0.3) is 0 Å². The largest absolute Gasteiger partial charge is 0.381 e. The highest BCUT2D eigenvalue weighted by Crippen LogP contribution is 2.31. The first-order valence-corrected chi connectivity index (χ1v) is 9.69. The molecule has 0 saturated carbocycles. The summed E-state index contributed by atoms with van der Waals surface area (Å²) in [6, 6.07) is 10.4. The summed E-state index contributed by atoms with van der Waals surface area (Å²) in [6.07, 6.45) is 2.92. The van der Waals surface area contributed by atoms with E-state index >= 15 is 0 Å². The summed E-state index contributed by atoms with van der Waals surface area (Å²) in [4.78, 5) is 17.2. The highest BCUT2D eigenvalue weighted by Gasteiger charge is 2.31. The zero-order valence-electron chi connectivity index (χ0n) is 15.7. The molecule has 3 rings (SSSR count). The molecule has 0 N–H and O–H groups in total. The van der Waals surface area contributed by atoms with E-state index in [0.29, 0.717) is 17.7 Å². The van der Waals surface area contributed by atoms with Crippen molar-refractivity contribution in [3.63, 3.8) is 0 Å². The summed E-state index contributed by atoms with van der Waals surface area (Å²) in [5.41, 5.74) is 1.63. The minimum atomic E-state index is 0.285. The number of carbonyl (C=O) groups excluding carboxylic acids is 1. The first-order valence-electron chi connectivity index (χ1n) is 9.69. The third-order valence-electron chi connectivity index (χ3n) is 5.88. The van der Waals surface area contributed by atoms with Gasteiger partial charge in [-0.1, -0.05) is 44.2 Å². The van der Waals surface area contributed by atoms with E-state index in [1.54, 1.807) is 0 Å². The molecule has 0 aromatic heterocycles. The second kappa shape index (κ2) is 8.33. The minimum absolute atomic E-state index is 0.285. The maximum absolute atomic E-state index is 12.6. The fraction of sp³-hybridized carbons (Fsp3) is 0.667. The molecule has 0 spiro atoms. The van der Waals surface area contributed by atoms with Crippen LogP contribution in [0.5, 0.6) is 0 Å². The summed E-state index contributed by atoms with van der Waals surface area (Å²) < 4.78 is 5.50. The predicted octanol–water partition coefficient (Wildman–Crippen LogP) is 3.14. The fourth-order valence-corrected chi connectivity index (χ4v) is 4.01. The normalized spacial score (nSPS) is 22.6. The number of benzene rings is 1. The van der Waals surface area contributed by atoms with Gasteiger partial charge in [0.2, 0.25) is 5.91 Å². The molecule has 2 saturated heterocycles. The van der Waals surface area contributed by atoms with Crippen molar-refractivity contribution >= 4 is 5.91 Å². The molecule has 138 valence electrons. The first kappa shape index (κ1) is 18.4. The number of piperazine rings is 1. The molecular weight excluding hydrogens is 312 g/mol. The van der Waals surface area contributed by atoms with E-state index in [1.165, 1.54) is 5.56 Å². The molecule has 1 aromatic rings. The average Bonchev–Trinajstić information content (AvgIpc) is 2.63. The summed E-state index contributed by atoms with van der Waals surface area (Å²) in [5.74, 6) is 0.584. The summed E-state index contributed by atoms with van der Waals surface area (Å²) >= 11 is 0. The molecule has 2 aliphatic heterocycles. The Morgan fingerprint density at radius 3 is 2.40 bits per heavy atom. The molecule has 2 heterocycles. The van der Waals surface area contributed by atoms with Crippen LogP contribution in [0.1, 0.15) is 44.6 Å². The van der Waals surface area contributed by atoms with Gasteiger partial charge in [-0.3, -0.25) is 9.69 Å². The van der Waals surface area contributed by atoms with Gasteiger partial charge in [0.15, 0.2) is 0 Å². The van der Waals surface area contributed by atoms with Crippen LogP contribution in [-0.4, -0.2) is 61.6 Å². The molecule has 4 heteroatoms. The second-order valence-electron chi connectivity index (χ2n) is 8.10. The Balaban J connectivity index is 1.44. The van der Waals surface area contributed by atoms with E-state index in [0.717, 1.165) is 58.8 Å². The van der Waals surface area contributed by atoms with Crippen LogP contribution in [-0.2, 0) is 9.53 Å². The maximum Gasteiger partial charge on any atom is 0.223 e. The van der Waals surface area contributed by atoms with Crippen LogP contribution in [0.3, 0.4) is 0 Å². The van der Waals surface area contributed by atoms with Crippen molar-refractivity contribution in [3.8, 4) is 0 Å². The zero-order chi connectivity index (χ0) is 17.7. The van der Waals surface area contributed by atoms with Crippen LogP contribution in [0.2, 0.25) is 0 Å². The monoisotopic (exact) mass is 344 g/mol. The molecule has 0 radical (unpaired) electrons. The van der Waals surface area contributed by atoms with Gasteiger partial charge < -0.3 is 9.64 Å². The quantitative estimate of drug-likeness (QED) is 0.823. The number of carbonyl (C=O) groups is 1. The third-order valence-corrected chi connectivity index (χ3v) is 5.88. The van der Waals surface area contributed by atoms with Crippen molar-refractivity contribution in [1.82, 2.24) is 9.80 Å². The van der Waals surface area contributed by atoms with Gasteiger partial charge in [-0.25, -0.2) is 0 Å². The van der Waals surface area contributed by atoms with Gasteiger partial charge in [-0.2, -0.15) is 0 Å². The van der Waals surface area contributed by atoms with Crippen molar-refractivity contribution in [2.45, 2.75) is 39.0 Å². The number of hydrogen-bond acceptors (Lipinski definition) is 3. The Kier molecular flexibility index (Phi) is 6.13. The van der Waals surface area contributed by atoms with Crippen LogP contribution >= 0.6 is 0 Å². The summed E-state index contributed by atoms with van der Waals surface area (Å²) in [5, 5.41) is 0. The molecule has 2 fully saturated rings. The summed E-state index contributed by atoms with van der Waals surface area (Å²) in [6.45, 7) is 11.2. The number of hydrogen-bond donors (Lipinski definition) is 0. The lowest BCUT2D eigenvalue weighted by Gasteiger charge is -2.42. The molecule has 1 atom stereocenters. The van der Waals surface area contributed by atoms with Crippen molar-refractivity contribution in [1.29, 1.82) is 0 Å². The number of rotatable bonds is 5. The van der Waals surface area contributed by atoms with Crippen molar-refractivity contribution < 1.29 is 9.53 Å².